The van der Waals surface area contributed by atoms with Gasteiger partial charge in [0.15, 0.2) is 0 Å². The Bertz CT molecular complexity index is 624. The SMILES string of the molecule is COc1ccc(C(=O)N2CCN(C(=O)CCOC(C)C)CC2)c(OC)c1. The molecule has 1 aromatic rings. The lowest BCUT2D eigenvalue weighted by atomic mass is 10.1. The molecule has 2 amide bonds. The molecule has 0 aliphatic carbocycles. The second-order valence-electron chi connectivity index (χ2n) is 6.41. The molecule has 1 aromatic carbocycles. The number of piperazine rings is 1. The van der Waals surface area contributed by atoms with Gasteiger partial charge in [-0.3, -0.25) is 9.59 Å². The minimum atomic E-state index is -0.0975. The first-order chi connectivity index (χ1) is 12.5. The van der Waals surface area contributed by atoms with Gasteiger partial charge in [-0.1, -0.05) is 0 Å². The maximum Gasteiger partial charge on any atom is 0.257 e. The second-order valence-corrected chi connectivity index (χ2v) is 6.41. The Hall–Kier alpha value is -2.28. The van der Waals surface area contributed by atoms with Crippen LogP contribution in [0.2, 0.25) is 0 Å². The zero-order chi connectivity index (χ0) is 19.1. The number of carbonyl (C=O) groups is 2. The van der Waals surface area contributed by atoms with Gasteiger partial charge < -0.3 is 24.0 Å². The average molecular weight is 364 g/mol. The summed E-state index contributed by atoms with van der Waals surface area (Å²) in [7, 11) is 3.10. The number of methoxy groups -OCH3 is 2. The number of rotatable bonds is 7. The van der Waals surface area contributed by atoms with Gasteiger partial charge in [-0.15, -0.1) is 0 Å². The number of ether oxygens (including phenoxy) is 3. The van der Waals surface area contributed by atoms with E-state index in [2.05, 4.69) is 0 Å². The minimum Gasteiger partial charge on any atom is -0.497 e. The average Bonchev–Trinajstić information content (AvgIpc) is 2.66. The molecule has 7 nitrogen and oxygen atoms in total. The number of benzene rings is 1. The first-order valence-corrected chi connectivity index (χ1v) is 8.87. The van der Waals surface area contributed by atoms with Crippen LogP contribution in [-0.2, 0) is 9.53 Å². The van der Waals surface area contributed by atoms with Gasteiger partial charge in [0.25, 0.3) is 5.91 Å². The van der Waals surface area contributed by atoms with Gasteiger partial charge in [0.2, 0.25) is 5.91 Å². The van der Waals surface area contributed by atoms with Crippen LogP contribution in [0, 0.1) is 0 Å². The standard InChI is InChI=1S/C19H28N2O5/c1-14(2)26-12-7-18(22)20-8-10-21(11-9-20)19(23)16-6-5-15(24-3)13-17(16)25-4/h5-6,13-14H,7-12H2,1-4H3. The molecule has 0 bridgehead atoms. The van der Waals surface area contributed by atoms with E-state index in [0.29, 0.717) is 56.3 Å². The number of hydrogen-bond acceptors (Lipinski definition) is 5. The largest absolute Gasteiger partial charge is 0.497 e. The Morgan fingerprint density at radius 1 is 1.04 bits per heavy atom. The number of amides is 2. The van der Waals surface area contributed by atoms with Crippen molar-refractivity contribution in [2.45, 2.75) is 26.4 Å². The van der Waals surface area contributed by atoms with Crippen molar-refractivity contribution in [2.24, 2.45) is 0 Å². The van der Waals surface area contributed by atoms with E-state index < -0.39 is 0 Å². The predicted octanol–water partition coefficient (Wildman–Crippen LogP) is 1.80. The molecule has 0 N–H and O–H groups in total. The molecule has 0 saturated carbocycles. The third kappa shape index (κ3) is 5.11. The van der Waals surface area contributed by atoms with Gasteiger partial charge in [-0.2, -0.15) is 0 Å². The number of nitrogens with zero attached hydrogens (tertiary/aromatic N) is 2. The lowest BCUT2D eigenvalue weighted by Crippen LogP contribution is -2.50. The molecule has 144 valence electrons. The topological polar surface area (TPSA) is 68.3 Å². The molecule has 0 radical (unpaired) electrons. The monoisotopic (exact) mass is 364 g/mol. The van der Waals surface area contributed by atoms with Gasteiger partial charge in [-0.05, 0) is 26.0 Å². The molecule has 1 heterocycles. The van der Waals surface area contributed by atoms with Crippen LogP contribution < -0.4 is 9.47 Å². The van der Waals surface area contributed by atoms with Crippen molar-refractivity contribution in [3.63, 3.8) is 0 Å². The summed E-state index contributed by atoms with van der Waals surface area (Å²) < 4.78 is 15.9. The molecular weight excluding hydrogens is 336 g/mol. The smallest absolute Gasteiger partial charge is 0.257 e. The third-order valence-electron chi connectivity index (χ3n) is 4.33. The highest BCUT2D eigenvalue weighted by atomic mass is 16.5. The summed E-state index contributed by atoms with van der Waals surface area (Å²) in [5, 5.41) is 0. The highest BCUT2D eigenvalue weighted by Gasteiger charge is 2.26. The Labute approximate surface area is 154 Å². The number of carbonyl (C=O) groups excluding carboxylic acids is 2. The molecule has 1 saturated heterocycles. The maximum absolute atomic E-state index is 12.8. The van der Waals surface area contributed by atoms with E-state index in [-0.39, 0.29) is 17.9 Å². The van der Waals surface area contributed by atoms with E-state index in [0.717, 1.165) is 0 Å². The fraction of sp³-hybridized carbons (Fsp3) is 0.579. The van der Waals surface area contributed by atoms with Crippen molar-refractivity contribution in [2.75, 3.05) is 47.0 Å². The van der Waals surface area contributed by atoms with Crippen molar-refractivity contribution < 1.29 is 23.8 Å². The summed E-state index contributed by atoms with van der Waals surface area (Å²) in [6.45, 7) is 6.40. The molecule has 7 heteroatoms. The molecule has 1 aliphatic rings. The van der Waals surface area contributed by atoms with Crippen LogP contribution in [0.1, 0.15) is 30.6 Å². The molecular formula is C19H28N2O5. The molecule has 26 heavy (non-hydrogen) atoms. The fourth-order valence-corrected chi connectivity index (χ4v) is 2.84. The van der Waals surface area contributed by atoms with E-state index in [9.17, 15) is 9.59 Å². The van der Waals surface area contributed by atoms with E-state index in [1.165, 1.54) is 7.11 Å². The van der Waals surface area contributed by atoms with Gasteiger partial charge in [-0.25, -0.2) is 0 Å². The van der Waals surface area contributed by atoms with Crippen LogP contribution in [0.15, 0.2) is 18.2 Å². The van der Waals surface area contributed by atoms with E-state index in [1.54, 1.807) is 35.1 Å². The van der Waals surface area contributed by atoms with Crippen LogP contribution in [0.5, 0.6) is 11.5 Å². The first-order valence-electron chi connectivity index (χ1n) is 8.87. The van der Waals surface area contributed by atoms with Gasteiger partial charge in [0.05, 0.1) is 38.9 Å². The Balaban J connectivity index is 1.91. The lowest BCUT2D eigenvalue weighted by Gasteiger charge is -2.35. The fourth-order valence-electron chi connectivity index (χ4n) is 2.84. The van der Waals surface area contributed by atoms with Crippen molar-refractivity contribution in [3.8, 4) is 11.5 Å². The summed E-state index contributed by atoms with van der Waals surface area (Å²) in [6.07, 6.45) is 0.495. The highest BCUT2D eigenvalue weighted by Crippen LogP contribution is 2.26. The number of hydrogen-bond donors (Lipinski definition) is 0. The predicted molar refractivity (Wildman–Crippen MR) is 97.7 cm³/mol. The summed E-state index contributed by atoms with van der Waals surface area (Å²) in [4.78, 5) is 28.5. The van der Waals surface area contributed by atoms with Crippen molar-refractivity contribution >= 4 is 11.8 Å². The van der Waals surface area contributed by atoms with Crippen LogP contribution in [0.25, 0.3) is 0 Å². The highest BCUT2D eigenvalue weighted by molar-refractivity contribution is 5.97. The summed E-state index contributed by atoms with van der Waals surface area (Å²) in [5.74, 6) is 1.09. The lowest BCUT2D eigenvalue weighted by molar-refractivity contribution is -0.134. The molecule has 1 aliphatic heterocycles. The summed E-state index contributed by atoms with van der Waals surface area (Å²) in [6, 6.07) is 5.15. The van der Waals surface area contributed by atoms with Crippen LogP contribution in [0.3, 0.4) is 0 Å². The van der Waals surface area contributed by atoms with Crippen molar-refractivity contribution in [3.05, 3.63) is 23.8 Å². The van der Waals surface area contributed by atoms with Gasteiger partial charge >= 0.3 is 0 Å². The molecule has 0 atom stereocenters. The Morgan fingerprint density at radius 3 is 2.27 bits per heavy atom. The van der Waals surface area contributed by atoms with Crippen molar-refractivity contribution in [1.82, 2.24) is 9.80 Å². The summed E-state index contributed by atoms with van der Waals surface area (Å²) >= 11 is 0. The molecule has 0 unspecified atom stereocenters. The summed E-state index contributed by atoms with van der Waals surface area (Å²) in [5.41, 5.74) is 0.499. The Morgan fingerprint density at radius 2 is 1.69 bits per heavy atom. The van der Waals surface area contributed by atoms with Crippen molar-refractivity contribution in [1.29, 1.82) is 0 Å². The third-order valence-corrected chi connectivity index (χ3v) is 4.33. The van der Waals surface area contributed by atoms with Gasteiger partial charge in [0, 0.05) is 32.2 Å². The molecule has 0 spiro atoms. The molecule has 1 fully saturated rings. The minimum absolute atomic E-state index is 0.0692. The maximum atomic E-state index is 12.8. The second kappa shape index (κ2) is 9.43. The van der Waals surface area contributed by atoms with Crippen LogP contribution in [0.4, 0.5) is 0 Å². The first kappa shape index (κ1) is 20.0. The normalized spacial score (nSPS) is 14.5. The molecule has 2 rings (SSSR count). The van der Waals surface area contributed by atoms with Crippen LogP contribution in [-0.4, -0.2) is 74.7 Å². The zero-order valence-corrected chi connectivity index (χ0v) is 16.0. The Kier molecular flexibility index (Phi) is 7.26. The zero-order valence-electron chi connectivity index (χ0n) is 16.0. The van der Waals surface area contributed by atoms with E-state index >= 15 is 0 Å². The van der Waals surface area contributed by atoms with Crippen LogP contribution >= 0.6 is 0 Å². The van der Waals surface area contributed by atoms with E-state index in [1.807, 2.05) is 13.8 Å². The quantitative estimate of drug-likeness (QED) is 0.738. The van der Waals surface area contributed by atoms with Gasteiger partial charge in [0.1, 0.15) is 11.5 Å². The van der Waals surface area contributed by atoms with E-state index in [4.69, 9.17) is 14.2 Å². The molecule has 0 aromatic heterocycles.